The third-order valence-electron chi connectivity index (χ3n) is 3.95. The van der Waals surface area contributed by atoms with Gasteiger partial charge >= 0.3 is 0 Å². The molecule has 4 aromatic rings. The van der Waals surface area contributed by atoms with Crippen molar-refractivity contribution in [2.24, 2.45) is 0 Å². The van der Waals surface area contributed by atoms with E-state index in [4.69, 9.17) is 0 Å². The lowest BCUT2D eigenvalue weighted by Crippen LogP contribution is -2.22. The number of benzene rings is 2. The third-order valence-corrected chi connectivity index (χ3v) is 3.95. The molecule has 0 radical (unpaired) electrons. The van der Waals surface area contributed by atoms with Crippen LogP contribution in [0.1, 0.15) is 21.5 Å². The molecule has 0 unspecified atom stereocenters. The Kier molecular flexibility index (Phi) is 3.96. The quantitative estimate of drug-likeness (QED) is 0.586. The van der Waals surface area contributed by atoms with Crippen LogP contribution in [0.3, 0.4) is 0 Å². The topological polar surface area (TPSA) is 88.5 Å². The standard InChI is InChI=1S/C18H16N6O/c25-18(15-4-5-16-17(9-15)22-23-21-16)20-10-13-2-1-3-14(8-13)11-24-7-6-19-12-24/h1-9,12H,10-11H2,(H,20,25)(H,21,22,23). The average molecular weight is 332 g/mol. The maximum Gasteiger partial charge on any atom is 0.251 e. The Bertz CT molecular complexity index is 1010. The molecule has 0 fully saturated rings. The van der Waals surface area contributed by atoms with Crippen molar-refractivity contribution in [1.82, 2.24) is 30.3 Å². The fourth-order valence-corrected chi connectivity index (χ4v) is 2.69. The number of aromatic nitrogens is 5. The van der Waals surface area contributed by atoms with Crippen molar-refractivity contribution in [1.29, 1.82) is 0 Å². The monoisotopic (exact) mass is 332 g/mol. The van der Waals surface area contributed by atoms with Gasteiger partial charge in [-0.2, -0.15) is 15.4 Å². The maximum absolute atomic E-state index is 12.3. The van der Waals surface area contributed by atoms with Gasteiger partial charge in [0, 0.05) is 31.0 Å². The number of carbonyl (C=O) groups is 1. The van der Waals surface area contributed by atoms with E-state index < -0.39 is 0 Å². The van der Waals surface area contributed by atoms with Crippen LogP contribution in [-0.4, -0.2) is 30.9 Å². The van der Waals surface area contributed by atoms with Gasteiger partial charge in [0.05, 0.1) is 6.33 Å². The highest BCUT2D eigenvalue weighted by atomic mass is 16.1. The highest BCUT2D eigenvalue weighted by Crippen LogP contribution is 2.11. The molecule has 124 valence electrons. The van der Waals surface area contributed by atoms with Crippen LogP contribution in [0.15, 0.2) is 61.2 Å². The summed E-state index contributed by atoms with van der Waals surface area (Å²) in [6, 6.07) is 13.4. The van der Waals surface area contributed by atoms with Crippen LogP contribution < -0.4 is 5.32 Å². The van der Waals surface area contributed by atoms with E-state index in [2.05, 4.69) is 37.8 Å². The van der Waals surface area contributed by atoms with E-state index in [9.17, 15) is 4.79 Å². The molecule has 0 aliphatic rings. The number of aromatic amines is 1. The second-order valence-electron chi connectivity index (χ2n) is 5.76. The number of nitrogens with one attached hydrogen (secondary N) is 2. The molecule has 1 amide bonds. The number of nitrogens with zero attached hydrogens (tertiary/aromatic N) is 4. The normalized spacial score (nSPS) is 10.9. The number of hydrogen-bond acceptors (Lipinski definition) is 4. The molecule has 2 heterocycles. The minimum absolute atomic E-state index is 0.134. The molecule has 0 spiro atoms. The molecular weight excluding hydrogens is 316 g/mol. The molecule has 7 heteroatoms. The number of H-pyrrole nitrogens is 1. The van der Waals surface area contributed by atoms with Gasteiger partial charge in [-0.15, -0.1) is 0 Å². The van der Waals surface area contributed by atoms with E-state index in [0.717, 1.165) is 23.2 Å². The smallest absolute Gasteiger partial charge is 0.251 e. The zero-order chi connectivity index (χ0) is 17.1. The number of imidazole rings is 1. The first-order valence-electron chi connectivity index (χ1n) is 7.90. The second-order valence-corrected chi connectivity index (χ2v) is 5.76. The lowest BCUT2D eigenvalue weighted by molar-refractivity contribution is 0.0951. The van der Waals surface area contributed by atoms with Crippen molar-refractivity contribution in [3.8, 4) is 0 Å². The van der Waals surface area contributed by atoms with E-state index >= 15 is 0 Å². The Morgan fingerprint density at radius 3 is 2.84 bits per heavy atom. The summed E-state index contributed by atoms with van der Waals surface area (Å²) < 4.78 is 2.00. The number of hydrogen-bond donors (Lipinski definition) is 2. The van der Waals surface area contributed by atoms with Crippen LogP contribution >= 0.6 is 0 Å². The number of carbonyl (C=O) groups excluding carboxylic acids is 1. The van der Waals surface area contributed by atoms with Crippen LogP contribution in [0, 0.1) is 0 Å². The summed E-state index contributed by atoms with van der Waals surface area (Å²) in [6.45, 7) is 1.22. The zero-order valence-electron chi connectivity index (χ0n) is 13.4. The van der Waals surface area contributed by atoms with E-state index in [-0.39, 0.29) is 5.91 Å². The molecule has 0 saturated heterocycles. The third kappa shape index (κ3) is 3.40. The lowest BCUT2D eigenvalue weighted by Gasteiger charge is -2.08. The van der Waals surface area contributed by atoms with Crippen molar-refractivity contribution in [2.45, 2.75) is 13.1 Å². The largest absolute Gasteiger partial charge is 0.348 e. The van der Waals surface area contributed by atoms with Crippen LogP contribution in [-0.2, 0) is 13.1 Å². The molecule has 0 saturated carbocycles. The van der Waals surface area contributed by atoms with Crippen LogP contribution in [0.25, 0.3) is 11.0 Å². The average Bonchev–Trinajstić information content (AvgIpc) is 3.30. The minimum Gasteiger partial charge on any atom is -0.348 e. The summed E-state index contributed by atoms with van der Waals surface area (Å²) in [6.07, 6.45) is 5.47. The zero-order valence-corrected chi connectivity index (χ0v) is 13.4. The number of rotatable bonds is 5. The Labute approximate surface area is 143 Å². The van der Waals surface area contributed by atoms with Crippen LogP contribution in [0.5, 0.6) is 0 Å². The number of fused-ring (bicyclic) bond motifs is 1. The van der Waals surface area contributed by atoms with Gasteiger partial charge in [-0.05, 0) is 29.3 Å². The first-order chi connectivity index (χ1) is 12.3. The van der Waals surface area contributed by atoms with Crippen molar-refractivity contribution in [3.63, 3.8) is 0 Å². The highest BCUT2D eigenvalue weighted by Gasteiger charge is 2.08. The van der Waals surface area contributed by atoms with Crippen molar-refractivity contribution in [3.05, 3.63) is 77.9 Å². The van der Waals surface area contributed by atoms with Gasteiger partial charge in [-0.1, -0.05) is 24.3 Å². The first-order valence-corrected chi connectivity index (χ1v) is 7.90. The second kappa shape index (κ2) is 6.56. The fraction of sp³-hybridized carbons (Fsp3) is 0.111. The van der Waals surface area contributed by atoms with Gasteiger partial charge < -0.3 is 9.88 Å². The lowest BCUT2D eigenvalue weighted by atomic mass is 10.1. The van der Waals surface area contributed by atoms with E-state index in [1.807, 2.05) is 22.9 Å². The molecule has 0 atom stereocenters. The highest BCUT2D eigenvalue weighted by molar-refractivity contribution is 5.97. The first kappa shape index (κ1) is 15.1. The summed E-state index contributed by atoms with van der Waals surface area (Å²) in [7, 11) is 0. The molecule has 0 aliphatic carbocycles. The number of amides is 1. The van der Waals surface area contributed by atoms with Crippen LogP contribution in [0.2, 0.25) is 0 Å². The molecule has 0 aliphatic heterocycles. The van der Waals surface area contributed by atoms with Crippen molar-refractivity contribution in [2.75, 3.05) is 0 Å². The minimum atomic E-state index is -0.134. The van der Waals surface area contributed by atoms with Gasteiger partial charge in [-0.3, -0.25) is 4.79 Å². The Hall–Kier alpha value is -3.48. The summed E-state index contributed by atoms with van der Waals surface area (Å²) in [5.74, 6) is -0.134. The van der Waals surface area contributed by atoms with Gasteiger partial charge in [0.2, 0.25) is 0 Å². The van der Waals surface area contributed by atoms with Crippen molar-refractivity contribution < 1.29 is 4.79 Å². The molecule has 0 bridgehead atoms. The predicted molar refractivity (Wildman–Crippen MR) is 92.8 cm³/mol. The van der Waals surface area contributed by atoms with E-state index in [1.54, 1.807) is 30.7 Å². The predicted octanol–water partition coefficient (Wildman–Crippen LogP) is 2.13. The molecular formula is C18H16N6O. The molecule has 25 heavy (non-hydrogen) atoms. The summed E-state index contributed by atoms with van der Waals surface area (Å²) in [4.78, 5) is 16.4. The van der Waals surface area contributed by atoms with Crippen LogP contribution in [0.4, 0.5) is 0 Å². The molecule has 2 aromatic carbocycles. The van der Waals surface area contributed by atoms with Gasteiger partial charge in [0.15, 0.2) is 0 Å². The molecule has 2 aromatic heterocycles. The summed E-state index contributed by atoms with van der Waals surface area (Å²) >= 11 is 0. The maximum atomic E-state index is 12.3. The van der Waals surface area contributed by atoms with E-state index in [0.29, 0.717) is 17.6 Å². The van der Waals surface area contributed by atoms with Gasteiger partial charge in [-0.25, -0.2) is 4.98 Å². The molecule has 7 nitrogen and oxygen atoms in total. The Morgan fingerprint density at radius 2 is 1.96 bits per heavy atom. The molecule has 2 N–H and O–H groups in total. The Morgan fingerprint density at radius 1 is 1.08 bits per heavy atom. The summed E-state index contributed by atoms with van der Waals surface area (Å²) in [5, 5.41) is 13.5. The van der Waals surface area contributed by atoms with E-state index in [1.165, 1.54) is 0 Å². The van der Waals surface area contributed by atoms with Gasteiger partial charge in [0.25, 0.3) is 5.91 Å². The SMILES string of the molecule is O=C(NCc1cccc(Cn2ccnc2)c1)c1ccc2n[nH]nc2c1. The van der Waals surface area contributed by atoms with Gasteiger partial charge in [0.1, 0.15) is 11.0 Å². The Balaban J connectivity index is 1.42. The molecule has 4 rings (SSSR count). The summed E-state index contributed by atoms with van der Waals surface area (Å²) in [5.41, 5.74) is 4.19. The van der Waals surface area contributed by atoms with Crippen molar-refractivity contribution >= 4 is 16.9 Å². The fourth-order valence-electron chi connectivity index (χ4n) is 2.69.